The minimum Gasteiger partial charge on any atom is -0.507 e. The van der Waals surface area contributed by atoms with E-state index in [9.17, 15) is 19.5 Å². The summed E-state index contributed by atoms with van der Waals surface area (Å²) < 4.78 is 15.4. The molecule has 4 rings (SSSR count). The Morgan fingerprint density at radius 2 is 1.46 bits per heavy atom. The van der Waals surface area contributed by atoms with E-state index in [-0.39, 0.29) is 24.5 Å². The maximum atomic E-state index is 12.4. The lowest BCUT2D eigenvalue weighted by Crippen LogP contribution is -2.09. The monoisotopic (exact) mass is 773 g/mol. The van der Waals surface area contributed by atoms with Crippen molar-refractivity contribution >= 4 is 52.6 Å². The van der Waals surface area contributed by atoms with Crippen LogP contribution in [0.5, 0.6) is 5.75 Å². The number of carbonyl (C=O) groups is 3. The smallest absolute Gasteiger partial charge is 0.341 e. The first-order chi connectivity index (χ1) is 27.6. The van der Waals surface area contributed by atoms with E-state index in [1.54, 1.807) is 19.2 Å². The summed E-state index contributed by atoms with van der Waals surface area (Å²) in [5, 5.41) is 19.2. The molecule has 0 heterocycles. The third kappa shape index (κ3) is 14.6. The summed E-state index contributed by atoms with van der Waals surface area (Å²) in [6.07, 6.45) is 7.22. The lowest BCUT2D eigenvalue weighted by atomic mass is 9.91. The van der Waals surface area contributed by atoms with Crippen LogP contribution in [0.1, 0.15) is 78.9 Å². The topological polar surface area (TPSA) is 160 Å². The van der Waals surface area contributed by atoms with Gasteiger partial charge in [0.15, 0.2) is 0 Å². The number of aryl methyl sites for hydroxylation is 1. The molecular weight excluding hydrogens is 723 g/mol. The maximum Gasteiger partial charge on any atom is 0.341 e. The number of carbonyl (C=O) groups excluding carboxylic acids is 3. The van der Waals surface area contributed by atoms with Crippen molar-refractivity contribution in [3.63, 3.8) is 0 Å². The lowest BCUT2D eigenvalue weighted by molar-refractivity contribution is -0.139. The van der Waals surface area contributed by atoms with Gasteiger partial charge in [0, 0.05) is 24.3 Å². The molecule has 0 spiro atoms. The highest BCUT2D eigenvalue weighted by Crippen LogP contribution is 2.29. The molecule has 298 valence electrons. The van der Waals surface area contributed by atoms with E-state index in [0.717, 1.165) is 53.1 Å². The van der Waals surface area contributed by atoms with Gasteiger partial charge >= 0.3 is 17.9 Å². The predicted octanol–water partition coefficient (Wildman–Crippen LogP) is 10.6. The Hall–Kier alpha value is -6.56. The standard InChI is InChI=1S/C45H51N5O7/c1-6-10-34(24-28-55-43(52)7-2)35-12-14-36(15-13-35)47-48-37-16-18-38(19-17-37)49-50-39-20-22-41(32(5)29-39)46-25-23-33-11-21-40(42(51)30-33)45(54)57-27-9-8-26-56-44(53)31(3)4/h7,11-22,25,29-30,34,49-51H,2-3,6,8-10,23-24,26-28H2,1,4-5H3/t34-/m0/s1. The van der Waals surface area contributed by atoms with Crippen LogP contribution >= 0.6 is 0 Å². The van der Waals surface area contributed by atoms with E-state index >= 15 is 0 Å². The first-order valence-corrected chi connectivity index (χ1v) is 18.9. The zero-order valence-corrected chi connectivity index (χ0v) is 32.8. The van der Waals surface area contributed by atoms with E-state index in [2.05, 4.69) is 58.3 Å². The third-order valence-electron chi connectivity index (χ3n) is 8.77. The van der Waals surface area contributed by atoms with Crippen molar-refractivity contribution < 1.29 is 33.7 Å². The summed E-state index contributed by atoms with van der Waals surface area (Å²) >= 11 is 0. The molecule has 12 nitrogen and oxygen atoms in total. The van der Waals surface area contributed by atoms with E-state index in [1.165, 1.54) is 23.8 Å². The summed E-state index contributed by atoms with van der Waals surface area (Å²) in [6.45, 7) is 13.4. The van der Waals surface area contributed by atoms with Gasteiger partial charge in [-0.05, 0) is 129 Å². The van der Waals surface area contributed by atoms with Crippen molar-refractivity contribution in [2.45, 2.75) is 65.2 Å². The number of hydrazine groups is 1. The first-order valence-electron chi connectivity index (χ1n) is 18.9. The molecule has 0 radical (unpaired) electrons. The summed E-state index contributed by atoms with van der Waals surface area (Å²) in [7, 11) is 0. The molecule has 0 saturated heterocycles. The van der Waals surface area contributed by atoms with E-state index < -0.39 is 17.9 Å². The SMILES string of the molecule is C=CC(=O)OCC[C@H](CCC)c1ccc(N=Nc2ccc(NNc3ccc(N=CCc4ccc(C(=O)OCCCCOC(=O)C(=C)C)c(O)c4)c(C)c3)cc2)cc1. The number of unbranched alkanes of at least 4 members (excludes halogenated alkanes) is 1. The quantitative estimate of drug-likeness (QED) is 0.0134. The molecule has 0 bridgehead atoms. The Kier molecular flexibility index (Phi) is 17.2. The van der Waals surface area contributed by atoms with Crippen LogP contribution in [0.25, 0.3) is 0 Å². The van der Waals surface area contributed by atoms with Crippen LogP contribution in [0.15, 0.2) is 125 Å². The third-order valence-corrected chi connectivity index (χ3v) is 8.77. The maximum absolute atomic E-state index is 12.4. The van der Waals surface area contributed by atoms with Gasteiger partial charge in [-0.1, -0.05) is 44.7 Å². The number of aliphatic imine (C=N–C) groups is 1. The highest BCUT2D eigenvalue weighted by Gasteiger charge is 2.14. The van der Waals surface area contributed by atoms with Gasteiger partial charge in [-0.15, -0.1) is 0 Å². The van der Waals surface area contributed by atoms with Gasteiger partial charge < -0.3 is 30.2 Å². The van der Waals surface area contributed by atoms with Gasteiger partial charge in [0.1, 0.15) is 11.3 Å². The molecule has 0 fully saturated rings. The van der Waals surface area contributed by atoms with E-state index in [4.69, 9.17) is 14.2 Å². The number of phenolic OH excluding ortho intramolecular Hbond substituents is 1. The molecule has 0 unspecified atom stereocenters. The number of hydrogen-bond donors (Lipinski definition) is 3. The molecular formula is C45H51N5O7. The number of anilines is 2. The minimum atomic E-state index is -0.622. The Morgan fingerprint density at radius 3 is 2.09 bits per heavy atom. The van der Waals surface area contributed by atoms with Crippen LogP contribution in [0.2, 0.25) is 0 Å². The average Bonchev–Trinajstić information content (AvgIpc) is 3.21. The van der Waals surface area contributed by atoms with Crippen LogP contribution in [0.3, 0.4) is 0 Å². The van der Waals surface area contributed by atoms with Crippen LogP contribution in [0, 0.1) is 6.92 Å². The van der Waals surface area contributed by atoms with Crippen molar-refractivity contribution in [1.29, 1.82) is 0 Å². The first kappa shape index (κ1) is 43.2. The van der Waals surface area contributed by atoms with E-state index in [0.29, 0.717) is 43.0 Å². The molecule has 3 N–H and O–H groups in total. The zero-order valence-electron chi connectivity index (χ0n) is 32.8. The number of benzene rings is 4. The predicted molar refractivity (Wildman–Crippen MR) is 224 cm³/mol. The fraction of sp³-hybridized carbons (Fsp3) is 0.289. The van der Waals surface area contributed by atoms with Crippen molar-refractivity contribution in [1.82, 2.24) is 0 Å². The second-order valence-electron chi connectivity index (χ2n) is 13.4. The van der Waals surface area contributed by atoms with Gasteiger partial charge in [0.25, 0.3) is 0 Å². The summed E-state index contributed by atoms with van der Waals surface area (Å²) in [4.78, 5) is 39.8. The number of nitrogens with zero attached hydrogens (tertiary/aromatic N) is 3. The largest absolute Gasteiger partial charge is 0.507 e. The Balaban J connectivity index is 1.20. The summed E-state index contributed by atoms with van der Waals surface area (Å²) in [6, 6.07) is 26.2. The average molecular weight is 774 g/mol. The highest BCUT2D eigenvalue weighted by atomic mass is 16.5. The number of esters is 3. The molecule has 12 heteroatoms. The second-order valence-corrected chi connectivity index (χ2v) is 13.4. The molecule has 0 aliphatic rings. The number of ether oxygens (including phenoxy) is 3. The Bertz CT molecular complexity index is 2040. The fourth-order valence-electron chi connectivity index (χ4n) is 5.61. The molecule has 0 aliphatic carbocycles. The molecule has 0 aliphatic heterocycles. The van der Waals surface area contributed by atoms with Gasteiger partial charge in [-0.25, -0.2) is 14.4 Å². The van der Waals surface area contributed by atoms with Crippen molar-refractivity contribution in [2.24, 2.45) is 15.2 Å². The number of hydrogen-bond acceptors (Lipinski definition) is 12. The number of phenols is 1. The van der Waals surface area contributed by atoms with Crippen LogP contribution in [-0.2, 0) is 30.2 Å². The van der Waals surface area contributed by atoms with Gasteiger partial charge in [0.05, 0.1) is 48.3 Å². The minimum absolute atomic E-state index is 0.0804. The number of rotatable bonds is 22. The zero-order chi connectivity index (χ0) is 41.0. The lowest BCUT2D eigenvalue weighted by Gasteiger charge is -2.16. The Labute approximate surface area is 334 Å². The molecule has 0 saturated carbocycles. The summed E-state index contributed by atoms with van der Waals surface area (Å²) in [5.74, 6) is -1.34. The highest BCUT2D eigenvalue weighted by molar-refractivity contribution is 5.92. The molecule has 57 heavy (non-hydrogen) atoms. The van der Waals surface area contributed by atoms with Crippen LogP contribution in [0.4, 0.5) is 28.4 Å². The second kappa shape index (κ2) is 22.7. The number of nitrogens with one attached hydrogen (secondary N) is 2. The van der Waals surface area contributed by atoms with E-state index in [1.807, 2.05) is 61.5 Å². The fourth-order valence-corrected chi connectivity index (χ4v) is 5.61. The number of azo groups is 1. The van der Waals surface area contributed by atoms with Crippen molar-refractivity contribution in [2.75, 3.05) is 30.7 Å². The normalized spacial score (nSPS) is 11.6. The van der Waals surface area contributed by atoms with Gasteiger partial charge in [-0.3, -0.25) is 4.99 Å². The van der Waals surface area contributed by atoms with Crippen molar-refractivity contribution in [3.05, 3.63) is 132 Å². The van der Waals surface area contributed by atoms with Crippen molar-refractivity contribution in [3.8, 4) is 5.75 Å². The van der Waals surface area contributed by atoms with Crippen LogP contribution in [-0.4, -0.2) is 49.0 Å². The van der Waals surface area contributed by atoms with Gasteiger partial charge in [0.2, 0.25) is 0 Å². The van der Waals surface area contributed by atoms with Gasteiger partial charge in [-0.2, -0.15) is 10.2 Å². The molecule has 4 aromatic rings. The molecule has 1 atom stereocenters. The molecule has 0 amide bonds. The summed E-state index contributed by atoms with van der Waals surface area (Å²) in [5.41, 5.74) is 13.7. The number of aromatic hydroxyl groups is 1. The Morgan fingerprint density at radius 1 is 0.807 bits per heavy atom. The molecule has 0 aromatic heterocycles. The van der Waals surface area contributed by atoms with Crippen LogP contribution < -0.4 is 10.9 Å². The molecule has 4 aromatic carbocycles.